The second-order valence-electron chi connectivity index (χ2n) is 3.01. The average Bonchev–Trinajstić information content (AvgIpc) is 2.51. The molecule has 2 rings (SSSR count). The van der Waals surface area contributed by atoms with Crippen molar-refractivity contribution in [2.75, 3.05) is 6.54 Å². The zero-order valence-electron chi connectivity index (χ0n) is 7.18. The summed E-state index contributed by atoms with van der Waals surface area (Å²) in [5.41, 5.74) is 8.07. The van der Waals surface area contributed by atoms with E-state index in [1.165, 1.54) is 20.0 Å². The van der Waals surface area contributed by atoms with Crippen LogP contribution in [0.2, 0.25) is 0 Å². The zero-order valence-corrected chi connectivity index (χ0v) is 9.34. The molecule has 0 amide bonds. The maximum atomic E-state index is 5.54. The molecule has 0 saturated carbocycles. The van der Waals surface area contributed by atoms with Crippen molar-refractivity contribution in [3.63, 3.8) is 0 Å². The fraction of sp³-hybridized carbons (Fsp3) is 0.200. The van der Waals surface area contributed by atoms with Crippen molar-refractivity contribution in [3.8, 4) is 0 Å². The fourth-order valence-electron chi connectivity index (χ4n) is 1.56. The molecule has 0 radical (unpaired) electrons. The van der Waals surface area contributed by atoms with Crippen LogP contribution in [0, 0.1) is 3.57 Å². The van der Waals surface area contributed by atoms with Crippen LogP contribution >= 0.6 is 22.6 Å². The lowest BCUT2D eigenvalue weighted by Crippen LogP contribution is -2.02. The van der Waals surface area contributed by atoms with E-state index in [1.807, 2.05) is 0 Å². The Kier molecular flexibility index (Phi) is 2.55. The van der Waals surface area contributed by atoms with Gasteiger partial charge >= 0.3 is 0 Å². The number of aromatic amines is 1. The smallest absolute Gasteiger partial charge is 0.0467 e. The van der Waals surface area contributed by atoms with E-state index in [0.29, 0.717) is 6.54 Å². The minimum Gasteiger partial charge on any atom is -0.361 e. The van der Waals surface area contributed by atoms with Gasteiger partial charge in [-0.05, 0) is 53.3 Å². The van der Waals surface area contributed by atoms with Gasteiger partial charge in [-0.15, -0.1) is 0 Å². The molecule has 3 N–H and O–H groups in total. The summed E-state index contributed by atoms with van der Waals surface area (Å²) in [4.78, 5) is 3.25. The Morgan fingerprint density at radius 2 is 2.23 bits per heavy atom. The van der Waals surface area contributed by atoms with Gasteiger partial charge in [0, 0.05) is 20.7 Å². The molecule has 0 aliphatic rings. The van der Waals surface area contributed by atoms with Crippen LogP contribution in [0.3, 0.4) is 0 Å². The van der Waals surface area contributed by atoms with Gasteiger partial charge in [0.2, 0.25) is 0 Å². The number of hydrogen-bond donors (Lipinski definition) is 2. The van der Waals surface area contributed by atoms with E-state index in [1.54, 1.807) is 0 Å². The number of benzene rings is 1. The second-order valence-corrected chi connectivity index (χ2v) is 4.18. The lowest BCUT2D eigenvalue weighted by atomic mass is 10.1. The quantitative estimate of drug-likeness (QED) is 0.817. The maximum absolute atomic E-state index is 5.54. The van der Waals surface area contributed by atoms with Gasteiger partial charge in [0.1, 0.15) is 0 Å². The van der Waals surface area contributed by atoms with Gasteiger partial charge in [-0.3, -0.25) is 0 Å². The Hall–Kier alpha value is -0.550. The van der Waals surface area contributed by atoms with Crippen molar-refractivity contribution in [1.82, 2.24) is 4.98 Å². The first-order valence-electron chi connectivity index (χ1n) is 4.27. The summed E-state index contributed by atoms with van der Waals surface area (Å²) >= 11 is 2.36. The number of halogens is 1. The molecular formula is C10H11IN2. The van der Waals surface area contributed by atoms with E-state index in [4.69, 9.17) is 5.73 Å². The third-order valence-electron chi connectivity index (χ3n) is 2.15. The van der Waals surface area contributed by atoms with Gasteiger partial charge in [0.15, 0.2) is 0 Å². The van der Waals surface area contributed by atoms with Crippen molar-refractivity contribution in [3.05, 3.63) is 33.5 Å². The second kappa shape index (κ2) is 3.67. The number of fused-ring (bicyclic) bond motifs is 1. The summed E-state index contributed by atoms with van der Waals surface area (Å²) in [5, 5.41) is 1.33. The molecule has 0 aliphatic heterocycles. The molecule has 0 fully saturated rings. The van der Waals surface area contributed by atoms with E-state index >= 15 is 0 Å². The monoisotopic (exact) mass is 286 g/mol. The third kappa shape index (κ3) is 1.58. The molecule has 0 atom stereocenters. The molecule has 2 nitrogen and oxygen atoms in total. The van der Waals surface area contributed by atoms with Gasteiger partial charge in [-0.25, -0.2) is 0 Å². The summed E-state index contributed by atoms with van der Waals surface area (Å²) in [6.45, 7) is 0.706. The number of rotatable bonds is 2. The topological polar surface area (TPSA) is 41.8 Å². The van der Waals surface area contributed by atoms with Crippen LogP contribution in [-0.4, -0.2) is 11.5 Å². The number of hydrogen-bond acceptors (Lipinski definition) is 1. The van der Waals surface area contributed by atoms with Crippen molar-refractivity contribution in [2.45, 2.75) is 6.42 Å². The lowest BCUT2D eigenvalue weighted by molar-refractivity contribution is 0.976. The predicted molar refractivity (Wildman–Crippen MR) is 63.8 cm³/mol. The fourth-order valence-corrected chi connectivity index (χ4v) is 2.41. The van der Waals surface area contributed by atoms with E-state index in [0.717, 1.165) is 6.42 Å². The van der Waals surface area contributed by atoms with Crippen LogP contribution in [0.5, 0.6) is 0 Å². The number of H-pyrrole nitrogens is 1. The highest BCUT2D eigenvalue weighted by molar-refractivity contribution is 14.1. The highest BCUT2D eigenvalue weighted by Crippen LogP contribution is 2.23. The molecule has 0 spiro atoms. The molecule has 1 aromatic carbocycles. The van der Waals surface area contributed by atoms with Crippen LogP contribution in [0.25, 0.3) is 10.9 Å². The molecular weight excluding hydrogens is 275 g/mol. The number of nitrogens with one attached hydrogen (secondary N) is 1. The standard InChI is InChI=1S/C10H11IN2/c11-8-2-1-3-9-10(8)7(4-5-12)6-13-9/h1-3,6,13H,4-5,12H2. The van der Waals surface area contributed by atoms with Gasteiger partial charge in [-0.2, -0.15) is 0 Å². The van der Waals surface area contributed by atoms with Crippen LogP contribution in [-0.2, 0) is 6.42 Å². The molecule has 0 saturated heterocycles. The molecule has 3 heteroatoms. The summed E-state index contributed by atoms with van der Waals surface area (Å²) < 4.78 is 1.29. The Balaban J connectivity index is 2.64. The van der Waals surface area contributed by atoms with Gasteiger partial charge in [-0.1, -0.05) is 6.07 Å². The van der Waals surface area contributed by atoms with E-state index in [2.05, 4.69) is 52.0 Å². The van der Waals surface area contributed by atoms with Gasteiger partial charge in [0.25, 0.3) is 0 Å². The Bertz CT molecular complexity index is 420. The van der Waals surface area contributed by atoms with E-state index < -0.39 is 0 Å². The molecule has 0 aliphatic carbocycles. The first-order chi connectivity index (χ1) is 6.33. The highest BCUT2D eigenvalue weighted by Gasteiger charge is 2.04. The SMILES string of the molecule is NCCc1c[nH]c2cccc(I)c12. The Morgan fingerprint density at radius 1 is 1.38 bits per heavy atom. The molecule has 0 bridgehead atoms. The molecule has 13 heavy (non-hydrogen) atoms. The normalized spacial score (nSPS) is 10.9. The van der Waals surface area contributed by atoms with Crippen LogP contribution < -0.4 is 5.73 Å². The molecule has 1 aromatic heterocycles. The van der Waals surface area contributed by atoms with Crippen molar-refractivity contribution in [1.29, 1.82) is 0 Å². The zero-order chi connectivity index (χ0) is 9.26. The summed E-state index contributed by atoms with van der Waals surface area (Å²) in [5.74, 6) is 0. The number of nitrogens with two attached hydrogens (primary N) is 1. The van der Waals surface area contributed by atoms with Crippen LogP contribution in [0.4, 0.5) is 0 Å². The minimum absolute atomic E-state index is 0.706. The van der Waals surface area contributed by atoms with Crippen molar-refractivity contribution < 1.29 is 0 Å². The van der Waals surface area contributed by atoms with Gasteiger partial charge in [0.05, 0.1) is 0 Å². The molecule has 2 aromatic rings. The molecule has 68 valence electrons. The average molecular weight is 286 g/mol. The summed E-state index contributed by atoms with van der Waals surface area (Å²) in [7, 11) is 0. The largest absolute Gasteiger partial charge is 0.361 e. The van der Waals surface area contributed by atoms with E-state index in [-0.39, 0.29) is 0 Å². The first-order valence-corrected chi connectivity index (χ1v) is 5.35. The molecule has 0 unspecified atom stereocenters. The maximum Gasteiger partial charge on any atom is 0.0467 e. The highest BCUT2D eigenvalue weighted by atomic mass is 127. The lowest BCUT2D eigenvalue weighted by Gasteiger charge is -1.98. The summed E-state index contributed by atoms with van der Waals surface area (Å²) in [6, 6.07) is 6.28. The Labute approximate surface area is 90.7 Å². The van der Waals surface area contributed by atoms with Crippen LogP contribution in [0.15, 0.2) is 24.4 Å². The molecule has 1 heterocycles. The Morgan fingerprint density at radius 3 is 3.00 bits per heavy atom. The summed E-state index contributed by atoms with van der Waals surface area (Å²) in [6.07, 6.45) is 3.00. The van der Waals surface area contributed by atoms with E-state index in [9.17, 15) is 0 Å². The van der Waals surface area contributed by atoms with Gasteiger partial charge < -0.3 is 10.7 Å². The van der Waals surface area contributed by atoms with Crippen molar-refractivity contribution in [2.24, 2.45) is 5.73 Å². The predicted octanol–water partition coefficient (Wildman–Crippen LogP) is 2.27. The van der Waals surface area contributed by atoms with Crippen LogP contribution in [0.1, 0.15) is 5.56 Å². The minimum atomic E-state index is 0.706. The first kappa shape index (κ1) is 9.02. The number of aromatic nitrogens is 1. The third-order valence-corrected chi connectivity index (χ3v) is 3.05. The van der Waals surface area contributed by atoms with Crippen molar-refractivity contribution >= 4 is 33.5 Å².